The van der Waals surface area contributed by atoms with Crippen LogP contribution in [0.15, 0.2) is 27.7 Å². The Bertz CT molecular complexity index is 849. The molecule has 0 spiro atoms. The normalized spacial score (nSPS) is 13.9. The van der Waals surface area contributed by atoms with Crippen molar-refractivity contribution in [1.29, 1.82) is 0 Å². The first-order valence-corrected chi connectivity index (χ1v) is 9.28. The second-order valence-electron chi connectivity index (χ2n) is 7.63. The molecule has 0 unspecified atom stereocenters. The Balaban J connectivity index is 0.00000300. The van der Waals surface area contributed by atoms with E-state index in [0.717, 1.165) is 16.9 Å². The second kappa shape index (κ2) is 10.2. The van der Waals surface area contributed by atoms with Crippen LogP contribution in [0.25, 0.3) is 0 Å². The third-order valence-electron chi connectivity index (χ3n) is 4.36. The van der Waals surface area contributed by atoms with Gasteiger partial charge >= 0.3 is 0 Å². The van der Waals surface area contributed by atoms with Crippen LogP contribution < -0.4 is 15.4 Å². The molecule has 1 aromatic heterocycles. The lowest BCUT2D eigenvalue weighted by Gasteiger charge is -2.21. The Hall–Kier alpha value is -1.88. The van der Waals surface area contributed by atoms with Gasteiger partial charge in [0.2, 0.25) is 5.89 Å². The number of rotatable bonds is 5. The third-order valence-corrected chi connectivity index (χ3v) is 4.36. The zero-order valence-electron chi connectivity index (χ0n) is 17.2. The van der Waals surface area contributed by atoms with Crippen LogP contribution in [0.4, 0.5) is 4.39 Å². The first kappa shape index (κ1) is 23.4. The molecule has 160 valence electrons. The van der Waals surface area contributed by atoms with E-state index in [1.807, 2.05) is 0 Å². The first-order valence-electron chi connectivity index (χ1n) is 9.28. The molecule has 1 aromatic carbocycles. The van der Waals surface area contributed by atoms with E-state index >= 15 is 0 Å². The lowest BCUT2D eigenvalue weighted by Crippen LogP contribution is -2.38. The Labute approximate surface area is 187 Å². The molecule has 29 heavy (non-hydrogen) atoms. The number of hydrogen-bond acceptors (Lipinski definition) is 5. The number of nitrogens with zero attached hydrogens (tertiary/aromatic N) is 2. The van der Waals surface area contributed by atoms with Crippen LogP contribution in [-0.2, 0) is 29.7 Å². The minimum atomic E-state index is -0.288. The van der Waals surface area contributed by atoms with Gasteiger partial charge in [-0.2, -0.15) is 0 Å². The summed E-state index contributed by atoms with van der Waals surface area (Å²) in [6.07, 6.45) is 2.35. The Morgan fingerprint density at radius 2 is 2.07 bits per heavy atom. The van der Waals surface area contributed by atoms with E-state index in [-0.39, 0.29) is 42.0 Å². The van der Waals surface area contributed by atoms with Crippen molar-refractivity contribution < 1.29 is 18.3 Å². The number of fused-ring (bicyclic) bond motifs is 1. The number of aromatic nitrogens is 1. The average molecular weight is 518 g/mol. The average Bonchev–Trinajstić information content (AvgIpc) is 3.13. The maximum absolute atomic E-state index is 13.8. The highest BCUT2D eigenvalue weighted by Gasteiger charge is 2.19. The zero-order valence-corrected chi connectivity index (χ0v) is 19.5. The molecular weight excluding hydrogens is 490 g/mol. The summed E-state index contributed by atoms with van der Waals surface area (Å²) < 4.78 is 30.3. The van der Waals surface area contributed by atoms with E-state index in [2.05, 4.69) is 41.4 Å². The third kappa shape index (κ3) is 6.30. The van der Waals surface area contributed by atoms with Gasteiger partial charge < -0.3 is 24.5 Å². The van der Waals surface area contributed by atoms with Crippen LogP contribution >= 0.6 is 24.0 Å². The summed E-state index contributed by atoms with van der Waals surface area (Å²) in [5.74, 6) is 2.48. The largest absolute Gasteiger partial charge is 0.467 e. The summed E-state index contributed by atoms with van der Waals surface area (Å²) in [7, 11) is 1.69. The van der Waals surface area contributed by atoms with Crippen molar-refractivity contribution in [2.75, 3.05) is 20.4 Å². The summed E-state index contributed by atoms with van der Waals surface area (Å²) in [6, 6.07) is 2.96. The summed E-state index contributed by atoms with van der Waals surface area (Å²) in [4.78, 5) is 8.49. The fraction of sp³-hybridized carbons (Fsp3) is 0.500. The predicted octanol–water partition coefficient (Wildman–Crippen LogP) is 3.50. The second-order valence-corrected chi connectivity index (χ2v) is 7.63. The minimum Gasteiger partial charge on any atom is -0.467 e. The molecule has 3 rings (SSSR count). The summed E-state index contributed by atoms with van der Waals surface area (Å²) in [5.41, 5.74) is 1.47. The van der Waals surface area contributed by atoms with Crippen LogP contribution in [0.5, 0.6) is 5.75 Å². The molecule has 1 aliphatic heterocycles. The number of ether oxygens (including phenoxy) is 2. The SMILES string of the molecule is CN=C(NCCc1cc(F)cc2c1OCOC2)NCc1ncc(C(C)(C)C)o1.I. The number of guanidine groups is 1. The van der Waals surface area contributed by atoms with Gasteiger partial charge in [-0.05, 0) is 24.1 Å². The number of nitrogens with one attached hydrogen (secondary N) is 2. The Morgan fingerprint density at radius 1 is 1.28 bits per heavy atom. The molecule has 9 heteroatoms. The van der Waals surface area contributed by atoms with Crippen molar-refractivity contribution in [2.45, 2.75) is 45.8 Å². The minimum absolute atomic E-state index is 0. The van der Waals surface area contributed by atoms with Crippen LogP contribution in [-0.4, -0.2) is 31.3 Å². The highest BCUT2D eigenvalue weighted by Crippen LogP contribution is 2.29. The molecule has 2 N–H and O–H groups in total. The Morgan fingerprint density at radius 3 is 2.76 bits per heavy atom. The fourth-order valence-corrected chi connectivity index (χ4v) is 2.88. The lowest BCUT2D eigenvalue weighted by molar-refractivity contribution is -0.0172. The van der Waals surface area contributed by atoms with Crippen LogP contribution in [0.2, 0.25) is 0 Å². The Kier molecular flexibility index (Phi) is 8.26. The lowest BCUT2D eigenvalue weighted by atomic mass is 9.94. The first-order chi connectivity index (χ1) is 13.4. The number of aliphatic imine (C=N–C) groups is 1. The van der Waals surface area contributed by atoms with Crippen molar-refractivity contribution in [1.82, 2.24) is 15.6 Å². The molecule has 0 saturated carbocycles. The van der Waals surface area contributed by atoms with Gasteiger partial charge in [0.05, 0.1) is 19.3 Å². The zero-order chi connectivity index (χ0) is 20.1. The molecule has 0 radical (unpaired) electrons. The standard InChI is InChI=1S/C20H27FN4O3.HI/c1-20(2,3)16-9-24-17(28-16)10-25-19(22-4)23-6-5-13-7-15(21)8-14-11-26-12-27-18(13)14;/h7-9H,5-6,10-12H2,1-4H3,(H2,22,23,25);1H. The molecule has 2 heterocycles. The van der Waals surface area contributed by atoms with E-state index in [9.17, 15) is 4.39 Å². The van der Waals surface area contributed by atoms with Crippen molar-refractivity contribution in [3.8, 4) is 5.75 Å². The van der Waals surface area contributed by atoms with Crippen molar-refractivity contribution >= 4 is 29.9 Å². The molecule has 1 aliphatic rings. The summed E-state index contributed by atoms with van der Waals surface area (Å²) in [6.45, 7) is 7.77. The van der Waals surface area contributed by atoms with Crippen molar-refractivity contribution in [3.05, 3.63) is 46.9 Å². The fourth-order valence-electron chi connectivity index (χ4n) is 2.88. The number of hydrogen-bond donors (Lipinski definition) is 2. The van der Waals surface area contributed by atoms with Gasteiger partial charge in [-0.3, -0.25) is 4.99 Å². The summed E-state index contributed by atoms with van der Waals surface area (Å²) >= 11 is 0. The van der Waals surface area contributed by atoms with Gasteiger partial charge in [0.15, 0.2) is 12.8 Å². The van der Waals surface area contributed by atoms with E-state index in [0.29, 0.717) is 43.7 Å². The molecular formula is C20H28FIN4O3. The topological polar surface area (TPSA) is 80.9 Å². The van der Waals surface area contributed by atoms with Gasteiger partial charge in [0.25, 0.3) is 0 Å². The van der Waals surface area contributed by atoms with Gasteiger partial charge in [-0.15, -0.1) is 24.0 Å². The summed E-state index contributed by atoms with van der Waals surface area (Å²) in [5, 5.41) is 6.38. The van der Waals surface area contributed by atoms with E-state index < -0.39 is 0 Å². The quantitative estimate of drug-likeness (QED) is 0.359. The van der Waals surface area contributed by atoms with Crippen LogP contribution in [0, 0.1) is 5.82 Å². The van der Waals surface area contributed by atoms with Gasteiger partial charge in [-0.1, -0.05) is 20.8 Å². The van der Waals surface area contributed by atoms with Gasteiger partial charge in [0.1, 0.15) is 17.3 Å². The van der Waals surface area contributed by atoms with Crippen molar-refractivity contribution in [2.24, 2.45) is 4.99 Å². The number of halogens is 2. The van der Waals surface area contributed by atoms with E-state index in [1.165, 1.54) is 12.1 Å². The molecule has 0 fully saturated rings. The monoisotopic (exact) mass is 518 g/mol. The maximum atomic E-state index is 13.8. The highest BCUT2D eigenvalue weighted by atomic mass is 127. The molecule has 0 amide bonds. The van der Waals surface area contributed by atoms with Gasteiger partial charge in [0, 0.05) is 24.6 Å². The molecule has 0 bridgehead atoms. The van der Waals surface area contributed by atoms with E-state index in [1.54, 1.807) is 13.2 Å². The van der Waals surface area contributed by atoms with Crippen LogP contribution in [0.1, 0.15) is 43.5 Å². The molecule has 0 aliphatic carbocycles. The van der Waals surface area contributed by atoms with Crippen LogP contribution in [0.3, 0.4) is 0 Å². The molecule has 0 saturated heterocycles. The number of benzene rings is 1. The molecule has 7 nitrogen and oxygen atoms in total. The van der Waals surface area contributed by atoms with Crippen molar-refractivity contribution in [3.63, 3.8) is 0 Å². The number of oxazole rings is 1. The van der Waals surface area contributed by atoms with E-state index in [4.69, 9.17) is 13.9 Å². The molecule has 0 atom stereocenters. The molecule has 2 aromatic rings. The highest BCUT2D eigenvalue weighted by molar-refractivity contribution is 14.0. The smallest absolute Gasteiger partial charge is 0.213 e. The predicted molar refractivity (Wildman–Crippen MR) is 119 cm³/mol. The van der Waals surface area contributed by atoms with Gasteiger partial charge in [-0.25, -0.2) is 9.37 Å². The maximum Gasteiger partial charge on any atom is 0.213 e.